The number of aromatic nitrogens is 1. The van der Waals surface area contributed by atoms with Gasteiger partial charge in [0.1, 0.15) is 12.0 Å². The Morgan fingerprint density at radius 1 is 1.50 bits per heavy atom. The van der Waals surface area contributed by atoms with Crippen LogP contribution in [0.2, 0.25) is 0 Å². The second kappa shape index (κ2) is 6.64. The third kappa shape index (κ3) is 3.47. The summed E-state index contributed by atoms with van der Waals surface area (Å²) >= 11 is 0. The lowest BCUT2D eigenvalue weighted by atomic mass is 10.1. The molecule has 1 aromatic heterocycles. The predicted octanol–water partition coefficient (Wildman–Crippen LogP) is 0.848. The van der Waals surface area contributed by atoms with E-state index in [2.05, 4.69) is 4.98 Å². The summed E-state index contributed by atoms with van der Waals surface area (Å²) in [5, 5.41) is 8.92. The van der Waals surface area contributed by atoms with Crippen LogP contribution in [0.1, 0.15) is 13.3 Å². The maximum Gasteiger partial charge on any atom is 0.315 e. The fourth-order valence-electron chi connectivity index (χ4n) is 2.39. The molecule has 7 nitrogen and oxygen atoms in total. The van der Waals surface area contributed by atoms with Gasteiger partial charge < -0.3 is 19.6 Å². The van der Waals surface area contributed by atoms with Crippen LogP contribution in [-0.2, 0) is 9.59 Å². The van der Waals surface area contributed by atoms with Crippen molar-refractivity contribution < 1.29 is 19.4 Å². The van der Waals surface area contributed by atoms with Crippen molar-refractivity contribution in [2.75, 3.05) is 32.1 Å². The molecule has 1 amide bonds. The molecule has 1 fully saturated rings. The summed E-state index contributed by atoms with van der Waals surface area (Å²) in [7, 11) is 3.77. The van der Waals surface area contributed by atoms with E-state index in [1.54, 1.807) is 17.2 Å². The molecule has 2 atom stereocenters. The van der Waals surface area contributed by atoms with Crippen molar-refractivity contribution in [3.05, 3.63) is 18.3 Å². The largest absolute Gasteiger partial charge is 0.485 e. The summed E-state index contributed by atoms with van der Waals surface area (Å²) in [6.45, 7) is 2.32. The van der Waals surface area contributed by atoms with Crippen LogP contribution >= 0.6 is 0 Å². The highest BCUT2D eigenvalue weighted by molar-refractivity contribution is 5.96. The average molecular weight is 307 g/mol. The Morgan fingerprint density at radius 2 is 2.23 bits per heavy atom. The maximum absolute atomic E-state index is 12.0. The molecule has 0 radical (unpaired) electrons. The second-order valence-electron chi connectivity index (χ2n) is 5.59. The van der Waals surface area contributed by atoms with E-state index >= 15 is 0 Å². The Morgan fingerprint density at radius 3 is 2.86 bits per heavy atom. The molecule has 0 saturated carbocycles. The Hall–Kier alpha value is -2.31. The van der Waals surface area contributed by atoms with Crippen LogP contribution in [0, 0.1) is 5.92 Å². The maximum atomic E-state index is 12.0. The van der Waals surface area contributed by atoms with Crippen molar-refractivity contribution in [1.29, 1.82) is 0 Å². The number of ether oxygens (including phenoxy) is 1. The summed E-state index contributed by atoms with van der Waals surface area (Å²) in [5.41, 5.74) is 0. The van der Waals surface area contributed by atoms with Gasteiger partial charge in [0.2, 0.25) is 5.91 Å². The Kier molecular flexibility index (Phi) is 4.85. The first kappa shape index (κ1) is 16.1. The Balaban J connectivity index is 2.00. The zero-order valence-corrected chi connectivity index (χ0v) is 13.0. The lowest BCUT2D eigenvalue weighted by Gasteiger charge is -2.21. The second-order valence-corrected chi connectivity index (χ2v) is 5.59. The molecule has 0 spiro atoms. The van der Waals surface area contributed by atoms with Crippen LogP contribution in [-0.4, -0.2) is 60.2 Å². The van der Waals surface area contributed by atoms with Crippen LogP contribution in [0.4, 0.5) is 5.82 Å². The van der Waals surface area contributed by atoms with Gasteiger partial charge in [0.05, 0.1) is 6.54 Å². The molecule has 0 bridgehead atoms. The molecule has 1 N–H and O–H groups in total. The van der Waals surface area contributed by atoms with Crippen molar-refractivity contribution in [2.24, 2.45) is 5.92 Å². The predicted molar refractivity (Wildman–Crippen MR) is 81.0 cm³/mol. The van der Waals surface area contributed by atoms with Crippen molar-refractivity contribution >= 4 is 17.7 Å². The smallest absolute Gasteiger partial charge is 0.315 e. The highest BCUT2D eigenvalue weighted by Gasteiger charge is 2.33. The van der Waals surface area contributed by atoms with Crippen LogP contribution in [0.25, 0.3) is 0 Å². The number of hydrogen-bond donors (Lipinski definition) is 1. The molecule has 2 unspecified atom stereocenters. The van der Waals surface area contributed by atoms with Gasteiger partial charge in [-0.05, 0) is 19.1 Å². The zero-order valence-electron chi connectivity index (χ0n) is 13.0. The number of carboxylic acids is 1. The standard InChI is InChI=1S/C15H21N3O4/c1-10(15(20)21)14(19)18-8-6-11(9-18)22-12-5-4-7-16-13(12)17(2)3/h4-5,7,10-11H,6,8-9H2,1-3H3,(H,20,21). The number of anilines is 1. The van der Waals surface area contributed by atoms with Gasteiger partial charge in [-0.25, -0.2) is 4.98 Å². The van der Waals surface area contributed by atoms with Gasteiger partial charge in [-0.15, -0.1) is 0 Å². The number of likely N-dealkylation sites (tertiary alicyclic amines) is 1. The van der Waals surface area contributed by atoms with E-state index in [4.69, 9.17) is 9.84 Å². The molecule has 2 rings (SSSR count). The SMILES string of the molecule is CC(C(=O)O)C(=O)N1CCC(Oc2cccnc2N(C)C)C1. The lowest BCUT2D eigenvalue weighted by molar-refractivity contribution is -0.149. The molecule has 1 aromatic rings. The van der Waals surface area contributed by atoms with Gasteiger partial charge in [-0.3, -0.25) is 9.59 Å². The minimum absolute atomic E-state index is 0.146. The Bertz CT molecular complexity index is 561. The summed E-state index contributed by atoms with van der Waals surface area (Å²) < 4.78 is 5.94. The fourth-order valence-corrected chi connectivity index (χ4v) is 2.39. The topological polar surface area (TPSA) is 83.0 Å². The lowest BCUT2D eigenvalue weighted by Crippen LogP contribution is -2.37. The minimum Gasteiger partial charge on any atom is -0.485 e. The van der Waals surface area contributed by atoms with E-state index < -0.39 is 11.9 Å². The molecular formula is C15H21N3O4. The molecule has 7 heteroatoms. The number of carbonyl (C=O) groups excluding carboxylic acids is 1. The normalized spacial score (nSPS) is 18.9. The third-order valence-corrected chi connectivity index (χ3v) is 3.67. The van der Waals surface area contributed by atoms with Crippen LogP contribution in [0.3, 0.4) is 0 Å². The van der Waals surface area contributed by atoms with E-state index in [1.165, 1.54) is 6.92 Å². The number of rotatable bonds is 5. The number of aliphatic carboxylic acids is 1. The average Bonchev–Trinajstić information content (AvgIpc) is 2.94. The summed E-state index contributed by atoms with van der Waals surface area (Å²) in [4.78, 5) is 30.6. The van der Waals surface area contributed by atoms with Gasteiger partial charge in [0.25, 0.3) is 0 Å². The molecule has 22 heavy (non-hydrogen) atoms. The first-order valence-corrected chi connectivity index (χ1v) is 7.20. The summed E-state index contributed by atoms with van der Waals surface area (Å²) in [5.74, 6) is -1.09. The van der Waals surface area contributed by atoms with Gasteiger partial charge in [-0.1, -0.05) is 0 Å². The molecule has 2 heterocycles. The van der Waals surface area contributed by atoms with E-state index in [1.807, 2.05) is 25.1 Å². The number of nitrogens with zero attached hydrogens (tertiary/aromatic N) is 3. The fraction of sp³-hybridized carbons (Fsp3) is 0.533. The molecule has 1 aliphatic rings. The number of carbonyl (C=O) groups is 2. The molecular weight excluding hydrogens is 286 g/mol. The van der Waals surface area contributed by atoms with Crippen molar-refractivity contribution in [2.45, 2.75) is 19.4 Å². The monoisotopic (exact) mass is 307 g/mol. The number of hydrogen-bond acceptors (Lipinski definition) is 5. The molecule has 0 aromatic carbocycles. The number of pyridine rings is 1. The van der Waals surface area contributed by atoms with Crippen molar-refractivity contribution in [1.82, 2.24) is 9.88 Å². The van der Waals surface area contributed by atoms with Crippen LogP contribution in [0.5, 0.6) is 5.75 Å². The quantitative estimate of drug-likeness (QED) is 0.812. The first-order chi connectivity index (χ1) is 10.4. The van der Waals surface area contributed by atoms with Gasteiger partial charge in [-0.2, -0.15) is 0 Å². The van der Waals surface area contributed by atoms with Crippen molar-refractivity contribution in [3.63, 3.8) is 0 Å². The number of carboxylic acid groups (broad SMARTS) is 1. The highest BCUT2D eigenvalue weighted by atomic mass is 16.5. The number of amides is 1. The van der Waals surface area contributed by atoms with Crippen molar-refractivity contribution in [3.8, 4) is 5.75 Å². The van der Waals surface area contributed by atoms with E-state index in [-0.39, 0.29) is 12.0 Å². The Labute approximate surface area is 129 Å². The van der Waals surface area contributed by atoms with E-state index in [9.17, 15) is 9.59 Å². The minimum atomic E-state index is -1.10. The summed E-state index contributed by atoms with van der Waals surface area (Å²) in [6.07, 6.45) is 2.23. The van der Waals surface area contributed by atoms with Crippen LogP contribution in [0.15, 0.2) is 18.3 Å². The third-order valence-electron chi connectivity index (χ3n) is 3.67. The molecule has 120 valence electrons. The molecule has 1 aliphatic heterocycles. The summed E-state index contributed by atoms with van der Waals surface area (Å²) in [6, 6.07) is 3.64. The first-order valence-electron chi connectivity index (χ1n) is 7.20. The van der Waals surface area contributed by atoms with Gasteiger partial charge >= 0.3 is 5.97 Å². The molecule has 1 saturated heterocycles. The highest BCUT2D eigenvalue weighted by Crippen LogP contribution is 2.27. The van der Waals surface area contributed by atoms with Crippen LogP contribution < -0.4 is 9.64 Å². The molecule has 0 aliphatic carbocycles. The van der Waals surface area contributed by atoms with E-state index in [0.29, 0.717) is 25.3 Å². The zero-order chi connectivity index (χ0) is 16.3. The van der Waals surface area contributed by atoms with Gasteiger partial charge in [0, 0.05) is 33.3 Å². The van der Waals surface area contributed by atoms with E-state index in [0.717, 1.165) is 5.82 Å². The van der Waals surface area contributed by atoms with Gasteiger partial charge in [0.15, 0.2) is 11.6 Å².